The Hall–Kier alpha value is -1.89. The number of anilines is 2. The molecule has 2 aromatic rings. The number of aromatic nitrogens is 3. The highest BCUT2D eigenvalue weighted by Crippen LogP contribution is 2.10. The first-order valence-corrected chi connectivity index (χ1v) is 6.03. The molecule has 0 aromatic carbocycles. The molecule has 0 atom stereocenters. The minimum atomic E-state index is -0.327. The van der Waals surface area contributed by atoms with Crippen LogP contribution in [0.1, 0.15) is 10.7 Å². The topological polar surface area (TPSA) is 96.7 Å². The predicted molar refractivity (Wildman–Crippen MR) is 68.3 cm³/mol. The van der Waals surface area contributed by atoms with Gasteiger partial charge < -0.3 is 16.0 Å². The number of nitrogens with zero attached hydrogens (tertiary/aromatic N) is 2. The van der Waals surface area contributed by atoms with Crippen molar-refractivity contribution in [2.24, 2.45) is 0 Å². The van der Waals surface area contributed by atoms with Crippen LogP contribution >= 0.6 is 11.3 Å². The summed E-state index contributed by atoms with van der Waals surface area (Å²) in [5.74, 6) is 0.417. The van der Waals surface area contributed by atoms with Gasteiger partial charge in [0.15, 0.2) is 5.82 Å². The molecule has 0 saturated heterocycles. The van der Waals surface area contributed by atoms with E-state index < -0.39 is 0 Å². The number of nitrogen functional groups attached to an aromatic ring is 1. The lowest BCUT2D eigenvalue weighted by molar-refractivity contribution is 0.956. The standard InChI is InChI=1S/C10H13N5OS/c1-6-15-7(4-17-6)2-3-12-9-8(11)10(16)14-5-13-9/h4-5H,2-3,11H2,1H3,(H2,12,13,14,16). The predicted octanol–water partition coefficient (Wildman–Crippen LogP) is 0.772. The van der Waals surface area contributed by atoms with Crippen molar-refractivity contribution in [3.63, 3.8) is 0 Å². The molecule has 0 fully saturated rings. The summed E-state index contributed by atoms with van der Waals surface area (Å²) < 4.78 is 0. The van der Waals surface area contributed by atoms with Crippen LogP contribution in [0.4, 0.5) is 11.5 Å². The van der Waals surface area contributed by atoms with Crippen LogP contribution in [0.15, 0.2) is 16.5 Å². The average Bonchev–Trinajstić information content (AvgIpc) is 2.70. The molecule has 7 heteroatoms. The fourth-order valence-electron chi connectivity index (χ4n) is 1.38. The molecule has 0 aliphatic heterocycles. The normalized spacial score (nSPS) is 10.4. The summed E-state index contributed by atoms with van der Waals surface area (Å²) in [5, 5.41) is 6.09. The third kappa shape index (κ3) is 2.82. The minimum Gasteiger partial charge on any atom is -0.391 e. The number of nitrogens with one attached hydrogen (secondary N) is 2. The van der Waals surface area contributed by atoms with Crippen molar-refractivity contribution in [3.05, 3.63) is 32.8 Å². The smallest absolute Gasteiger partial charge is 0.276 e. The highest BCUT2D eigenvalue weighted by molar-refractivity contribution is 7.09. The van der Waals surface area contributed by atoms with E-state index in [9.17, 15) is 4.79 Å². The third-order valence-electron chi connectivity index (χ3n) is 2.23. The van der Waals surface area contributed by atoms with Crippen LogP contribution < -0.4 is 16.6 Å². The fourth-order valence-corrected chi connectivity index (χ4v) is 2.03. The van der Waals surface area contributed by atoms with Crippen LogP contribution in [0.25, 0.3) is 0 Å². The molecule has 0 bridgehead atoms. The highest BCUT2D eigenvalue weighted by atomic mass is 32.1. The van der Waals surface area contributed by atoms with E-state index in [0.717, 1.165) is 17.1 Å². The summed E-state index contributed by atoms with van der Waals surface area (Å²) >= 11 is 1.62. The zero-order valence-corrected chi connectivity index (χ0v) is 10.2. The van der Waals surface area contributed by atoms with E-state index in [0.29, 0.717) is 12.4 Å². The van der Waals surface area contributed by atoms with Gasteiger partial charge in [-0.1, -0.05) is 0 Å². The van der Waals surface area contributed by atoms with Gasteiger partial charge in [-0.2, -0.15) is 0 Å². The SMILES string of the molecule is Cc1nc(CCNc2nc[nH]c(=O)c2N)cs1. The van der Waals surface area contributed by atoms with E-state index in [4.69, 9.17) is 5.73 Å². The van der Waals surface area contributed by atoms with Crippen molar-refractivity contribution >= 4 is 22.8 Å². The minimum absolute atomic E-state index is 0.113. The summed E-state index contributed by atoms with van der Waals surface area (Å²) in [5.41, 5.74) is 6.40. The molecule has 0 spiro atoms. The Morgan fingerprint density at radius 3 is 3.12 bits per heavy atom. The van der Waals surface area contributed by atoms with Gasteiger partial charge in [0.05, 0.1) is 17.0 Å². The zero-order chi connectivity index (χ0) is 12.3. The average molecular weight is 251 g/mol. The Labute approximate surface area is 102 Å². The summed E-state index contributed by atoms with van der Waals surface area (Å²) in [4.78, 5) is 21.9. The quantitative estimate of drug-likeness (QED) is 0.746. The molecule has 2 rings (SSSR count). The van der Waals surface area contributed by atoms with Crippen LogP contribution in [0.2, 0.25) is 0 Å². The number of H-pyrrole nitrogens is 1. The summed E-state index contributed by atoms with van der Waals surface area (Å²) in [6, 6.07) is 0. The number of aryl methyl sites for hydroxylation is 1. The van der Waals surface area contributed by atoms with E-state index in [1.54, 1.807) is 11.3 Å². The van der Waals surface area contributed by atoms with E-state index >= 15 is 0 Å². The molecule has 17 heavy (non-hydrogen) atoms. The second kappa shape index (κ2) is 4.96. The number of aromatic amines is 1. The Balaban J connectivity index is 1.94. The first-order valence-electron chi connectivity index (χ1n) is 5.15. The lowest BCUT2D eigenvalue weighted by atomic mass is 10.3. The zero-order valence-electron chi connectivity index (χ0n) is 9.36. The van der Waals surface area contributed by atoms with Crippen LogP contribution in [0.3, 0.4) is 0 Å². The van der Waals surface area contributed by atoms with Crippen molar-refractivity contribution in [2.45, 2.75) is 13.3 Å². The molecule has 0 aliphatic carbocycles. The van der Waals surface area contributed by atoms with E-state index in [1.165, 1.54) is 6.33 Å². The second-order valence-electron chi connectivity index (χ2n) is 3.53. The number of hydrogen-bond acceptors (Lipinski definition) is 6. The molecule has 90 valence electrons. The lowest BCUT2D eigenvalue weighted by Gasteiger charge is -2.05. The van der Waals surface area contributed by atoms with E-state index in [1.807, 2.05) is 12.3 Å². The first-order chi connectivity index (χ1) is 8.16. The van der Waals surface area contributed by atoms with Crippen LogP contribution in [-0.2, 0) is 6.42 Å². The maximum atomic E-state index is 11.2. The molecule has 2 aromatic heterocycles. The van der Waals surface area contributed by atoms with E-state index in [-0.39, 0.29) is 11.2 Å². The number of rotatable bonds is 4. The third-order valence-corrected chi connectivity index (χ3v) is 3.05. The highest BCUT2D eigenvalue weighted by Gasteiger charge is 2.04. The number of hydrogen-bond donors (Lipinski definition) is 3. The fraction of sp³-hybridized carbons (Fsp3) is 0.300. The molecule has 0 saturated carbocycles. The van der Waals surface area contributed by atoms with Gasteiger partial charge in [-0.05, 0) is 6.92 Å². The Bertz CT molecular complexity index is 562. The molecule has 0 amide bonds. The van der Waals surface area contributed by atoms with Gasteiger partial charge in [-0.25, -0.2) is 9.97 Å². The Kier molecular flexibility index (Phi) is 3.38. The van der Waals surface area contributed by atoms with Crippen LogP contribution in [0.5, 0.6) is 0 Å². The van der Waals surface area contributed by atoms with Crippen LogP contribution in [0, 0.1) is 6.92 Å². The maximum Gasteiger partial charge on any atom is 0.276 e. The summed E-state index contributed by atoms with van der Waals surface area (Å²) in [6.45, 7) is 2.61. The largest absolute Gasteiger partial charge is 0.391 e. The monoisotopic (exact) mass is 251 g/mol. The first kappa shape index (κ1) is 11.6. The molecule has 0 radical (unpaired) electrons. The van der Waals surface area contributed by atoms with Crippen molar-refractivity contribution in [3.8, 4) is 0 Å². The summed E-state index contributed by atoms with van der Waals surface area (Å²) in [7, 11) is 0. The number of nitrogens with two attached hydrogens (primary N) is 1. The van der Waals surface area contributed by atoms with Crippen molar-refractivity contribution in [1.82, 2.24) is 15.0 Å². The summed E-state index contributed by atoms with van der Waals surface area (Å²) in [6.07, 6.45) is 2.10. The molecular formula is C10H13N5OS. The molecular weight excluding hydrogens is 238 g/mol. The van der Waals surface area contributed by atoms with Gasteiger partial charge >= 0.3 is 0 Å². The van der Waals surface area contributed by atoms with Gasteiger partial charge in [-0.3, -0.25) is 4.79 Å². The maximum absolute atomic E-state index is 11.2. The van der Waals surface area contributed by atoms with Crippen molar-refractivity contribution in [1.29, 1.82) is 0 Å². The molecule has 0 unspecified atom stereocenters. The number of thiazole rings is 1. The van der Waals surface area contributed by atoms with Crippen molar-refractivity contribution in [2.75, 3.05) is 17.6 Å². The van der Waals surface area contributed by atoms with Gasteiger partial charge in [0.1, 0.15) is 5.69 Å². The second-order valence-corrected chi connectivity index (χ2v) is 4.59. The Morgan fingerprint density at radius 1 is 1.59 bits per heavy atom. The van der Waals surface area contributed by atoms with Crippen LogP contribution in [-0.4, -0.2) is 21.5 Å². The molecule has 4 N–H and O–H groups in total. The van der Waals surface area contributed by atoms with Gasteiger partial charge in [0.25, 0.3) is 5.56 Å². The lowest BCUT2D eigenvalue weighted by Crippen LogP contribution is -2.17. The van der Waals surface area contributed by atoms with Gasteiger partial charge in [0.2, 0.25) is 0 Å². The molecule has 0 aliphatic rings. The molecule has 6 nitrogen and oxygen atoms in total. The van der Waals surface area contributed by atoms with Gasteiger partial charge in [-0.15, -0.1) is 11.3 Å². The Morgan fingerprint density at radius 2 is 2.41 bits per heavy atom. The van der Waals surface area contributed by atoms with Gasteiger partial charge in [0, 0.05) is 18.3 Å². The molecule has 2 heterocycles. The van der Waals surface area contributed by atoms with E-state index in [2.05, 4.69) is 20.3 Å². The van der Waals surface area contributed by atoms with Crippen molar-refractivity contribution < 1.29 is 0 Å².